The van der Waals surface area contributed by atoms with E-state index in [9.17, 15) is 8.42 Å². The Balaban J connectivity index is 2.62. The number of hydrogen-bond donors (Lipinski definition) is 1. The molecule has 1 N–H and O–H groups in total. The summed E-state index contributed by atoms with van der Waals surface area (Å²) in [7, 11) is -3.08. The fourth-order valence-electron chi connectivity index (χ4n) is 1.61. The number of rotatable bonds is 7. The van der Waals surface area contributed by atoms with Gasteiger partial charge in [-0.05, 0) is 33.7 Å². The summed E-state index contributed by atoms with van der Waals surface area (Å²) in [5.74, 6) is 1.03. The van der Waals surface area contributed by atoms with E-state index >= 15 is 0 Å². The topological polar surface area (TPSA) is 64.0 Å². The van der Waals surface area contributed by atoms with Crippen molar-refractivity contribution in [3.05, 3.63) is 18.2 Å². The van der Waals surface area contributed by atoms with Crippen LogP contribution < -0.4 is 5.32 Å². The Kier molecular flexibility index (Phi) is 5.55. The van der Waals surface area contributed by atoms with Crippen molar-refractivity contribution in [3.8, 4) is 0 Å². The van der Waals surface area contributed by atoms with Crippen LogP contribution in [0.2, 0.25) is 0 Å². The van der Waals surface area contributed by atoms with Gasteiger partial charge >= 0.3 is 0 Å². The molecular weight excluding hydrogens is 262 g/mol. The van der Waals surface area contributed by atoms with Crippen LogP contribution in [0.4, 0.5) is 0 Å². The molecule has 0 radical (unpaired) electrons. The second-order valence-corrected chi connectivity index (χ2v) is 8.51. The van der Waals surface area contributed by atoms with Crippen LogP contribution in [0.5, 0.6) is 0 Å². The lowest BCUT2D eigenvalue weighted by Gasteiger charge is -2.19. The zero-order valence-corrected chi connectivity index (χ0v) is 13.1. The van der Waals surface area contributed by atoms with Crippen molar-refractivity contribution in [2.24, 2.45) is 0 Å². The number of hydrogen-bond acceptors (Lipinski definition) is 4. The molecule has 1 rings (SSSR count). The Bertz CT molecular complexity index is 486. The number of nitrogens with zero attached hydrogens (tertiary/aromatic N) is 2. The highest BCUT2D eigenvalue weighted by Crippen LogP contribution is 2.16. The predicted molar refractivity (Wildman–Crippen MR) is 77.8 cm³/mol. The fraction of sp³-hybridized carbons (Fsp3) is 0.769. The molecule has 0 aromatic carbocycles. The fourth-order valence-corrected chi connectivity index (χ4v) is 2.66. The van der Waals surface area contributed by atoms with Crippen molar-refractivity contribution < 1.29 is 8.42 Å². The van der Waals surface area contributed by atoms with E-state index in [4.69, 9.17) is 0 Å². The zero-order valence-electron chi connectivity index (χ0n) is 12.3. The molecule has 0 aliphatic carbocycles. The number of sulfone groups is 1. The monoisotopic (exact) mass is 287 g/mol. The second-order valence-electron chi connectivity index (χ2n) is 5.64. The van der Waals surface area contributed by atoms with Gasteiger partial charge in [-0.15, -0.1) is 0 Å². The van der Waals surface area contributed by atoms with Gasteiger partial charge in [-0.2, -0.15) is 0 Å². The first-order chi connectivity index (χ1) is 8.78. The first-order valence-electron chi connectivity index (χ1n) is 6.71. The third-order valence-corrected chi connectivity index (χ3v) is 5.63. The highest BCUT2D eigenvalue weighted by Gasteiger charge is 2.28. The van der Waals surface area contributed by atoms with Crippen LogP contribution in [0.3, 0.4) is 0 Å². The summed E-state index contributed by atoms with van der Waals surface area (Å²) in [5, 5.41) is 3.27. The van der Waals surface area contributed by atoms with Crippen LogP contribution in [0.1, 0.15) is 39.9 Å². The molecule has 110 valence electrons. The van der Waals surface area contributed by atoms with E-state index in [0.29, 0.717) is 13.1 Å². The first-order valence-corrected chi connectivity index (χ1v) is 8.36. The molecule has 0 atom stereocenters. The maximum atomic E-state index is 12.1. The van der Waals surface area contributed by atoms with E-state index in [-0.39, 0.29) is 5.75 Å². The first kappa shape index (κ1) is 16.2. The Hall–Kier alpha value is -0.880. The van der Waals surface area contributed by atoms with Crippen molar-refractivity contribution in [1.29, 1.82) is 0 Å². The molecule has 0 saturated carbocycles. The molecule has 1 heterocycles. The third-order valence-electron chi connectivity index (χ3n) is 3.05. The Morgan fingerprint density at radius 3 is 2.63 bits per heavy atom. The maximum Gasteiger partial charge on any atom is 0.156 e. The molecule has 0 aliphatic heterocycles. The summed E-state index contributed by atoms with van der Waals surface area (Å²) in [6, 6.07) is 0. The third kappa shape index (κ3) is 4.62. The lowest BCUT2D eigenvalue weighted by molar-refractivity contribution is 0.549. The van der Waals surface area contributed by atoms with Crippen LogP contribution in [-0.4, -0.2) is 35.0 Å². The van der Waals surface area contributed by atoms with Crippen molar-refractivity contribution in [2.75, 3.05) is 12.3 Å². The van der Waals surface area contributed by atoms with Gasteiger partial charge in [0.15, 0.2) is 9.84 Å². The van der Waals surface area contributed by atoms with Gasteiger partial charge in [-0.1, -0.05) is 6.92 Å². The molecule has 0 aliphatic rings. The lowest BCUT2D eigenvalue weighted by Crippen LogP contribution is -2.32. The minimum atomic E-state index is -3.08. The highest BCUT2D eigenvalue weighted by molar-refractivity contribution is 7.92. The maximum absolute atomic E-state index is 12.1. The molecular formula is C13H25N3O2S. The minimum Gasteiger partial charge on any atom is -0.333 e. The van der Waals surface area contributed by atoms with Crippen molar-refractivity contribution in [2.45, 2.75) is 52.0 Å². The van der Waals surface area contributed by atoms with E-state index in [1.54, 1.807) is 27.0 Å². The summed E-state index contributed by atoms with van der Waals surface area (Å²) in [4.78, 5) is 4.26. The number of aryl methyl sites for hydroxylation is 1. The quantitative estimate of drug-likeness (QED) is 0.774. The van der Waals surface area contributed by atoms with Crippen molar-refractivity contribution in [1.82, 2.24) is 14.9 Å². The largest absolute Gasteiger partial charge is 0.333 e. The van der Waals surface area contributed by atoms with Gasteiger partial charge in [0, 0.05) is 18.9 Å². The SMILES string of the molecule is CCCNCc1nccn1CCS(=O)(=O)C(C)(C)C. The number of aromatic nitrogens is 2. The van der Waals surface area contributed by atoms with E-state index in [2.05, 4.69) is 17.2 Å². The molecule has 19 heavy (non-hydrogen) atoms. The van der Waals surface area contributed by atoms with Crippen LogP contribution in [0, 0.1) is 0 Å². The highest BCUT2D eigenvalue weighted by atomic mass is 32.2. The van der Waals surface area contributed by atoms with Gasteiger partial charge < -0.3 is 9.88 Å². The predicted octanol–water partition coefficient (Wildman–Crippen LogP) is 1.60. The Morgan fingerprint density at radius 2 is 2.05 bits per heavy atom. The van der Waals surface area contributed by atoms with Crippen molar-refractivity contribution >= 4 is 9.84 Å². The molecule has 0 fully saturated rings. The van der Waals surface area contributed by atoms with Gasteiger partial charge in [0.05, 0.1) is 17.0 Å². The van der Waals surface area contributed by atoms with Crippen LogP contribution in [-0.2, 0) is 22.9 Å². The van der Waals surface area contributed by atoms with Gasteiger partial charge in [-0.25, -0.2) is 13.4 Å². The molecule has 6 heteroatoms. The Morgan fingerprint density at radius 1 is 1.37 bits per heavy atom. The average Bonchev–Trinajstić information content (AvgIpc) is 2.73. The van der Waals surface area contributed by atoms with Gasteiger partial charge in [0.2, 0.25) is 0 Å². The molecule has 0 bridgehead atoms. The number of nitrogens with one attached hydrogen (secondary N) is 1. The molecule has 0 unspecified atom stereocenters. The van der Waals surface area contributed by atoms with Gasteiger partial charge in [0.1, 0.15) is 5.82 Å². The van der Waals surface area contributed by atoms with E-state index in [1.807, 2.05) is 10.8 Å². The van der Waals surface area contributed by atoms with E-state index in [0.717, 1.165) is 18.8 Å². The molecule has 5 nitrogen and oxygen atoms in total. The van der Waals surface area contributed by atoms with Crippen molar-refractivity contribution in [3.63, 3.8) is 0 Å². The summed E-state index contributed by atoms with van der Waals surface area (Å²) in [6.07, 6.45) is 4.62. The Labute approximate surface area is 116 Å². The average molecular weight is 287 g/mol. The molecule has 1 aromatic heterocycles. The second kappa shape index (κ2) is 6.52. The summed E-state index contributed by atoms with van der Waals surface area (Å²) >= 11 is 0. The summed E-state index contributed by atoms with van der Waals surface area (Å²) in [5.41, 5.74) is 0. The van der Waals surface area contributed by atoms with Gasteiger partial charge in [0.25, 0.3) is 0 Å². The zero-order chi connectivity index (χ0) is 14.5. The molecule has 0 amide bonds. The minimum absolute atomic E-state index is 0.146. The standard InChI is InChI=1S/C13H25N3O2S/c1-5-6-14-11-12-15-7-8-16(12)9-10-19(17,18)13(2,3)4/h7-8,14H,5-6,9-11H2,1-4H3. The van der Waals surface area contributed by atoms with Crippen LogP contribution in [0.25, 0.3) is 0 Å². The summed E-state index contributed by atoms with van der Waals surface area (Å²) in [6.45, 7) is 9.39. The van der Waals surface area contributed by atoms with Crippen LogP contribution in [0.15, 0.2) is 12.4 Å². The van der Waals surface area contributed by atoms with Crippen LogP contribution >= 0.6 is 0 Å². The smallest absolute Gasteiger partial charge is 0.156 e. The lowest BCUT2D eigenvalue weighted by atomic mass is 10.3. The van der Waals surface area contributed by atoms with E-state index in [1.165, 1.54) is 0 Å². The van der Waals surface area contributed by atoms with Gasteiger partial charge in [-0.3, -0.25) is 0 Å². The normalized spacial score (nSPS) is 12.8. The van der Waals surface area contributed by atoms with E-state index < -0.39 is 14.6 Å². The molecule has 0 spiro atoms. The summed E-state index contributed by atoms with van der Waals surface area (Å²) < 4.78 is 25.3. The molecule has 0 saturated heterocycles. The molecule has 1 aromatic rings. The number of imidazole rings is 1.